The predicted molar refractivity (Wildman–Crippen MR) is 137 cm³/mol. The van der Waals surface area contributed by atoms with E-state index in [-0.39, 0.29) is 28.6 Å². The molecule has 0 bridgehead atoms. The molecule has 0 aliphatic heterocycles. The molecule has 0 aliphatic carbocycles. The van der Waals surface area contributed by atoms with E-state index in [1.807, 2.05) is 26.0 Å². The van der Waals surface area contributed by atoms with Gasteiger partial charge in [0.1, 0.15) is 28.4 Å². The molecular formula is C29H26O7. The maximum Gasteiger partial charge on any atom is 0.336 e. The van der Waals surface area contributed by atoms with E-state index in [0.29, 0.717) is 22.5 Å². The highest BCUT2D eigenvalue weighted by atomic mass is 16.5. The minimum atomic E-state index is -0.366. The van der Waals surface area contributed by atoms with Gasteiger partial charge in [0.05, 0.1) is 25.2 Å². The van der Waals surface area contributed by atoms with E-state index in [1.165, 1.54) is 19.2 Å². The zero-order valence-electron chi connectivity index (χ0n) is 20.4. The van der Waals surface area contributed by atoms with Crippen LogP contribution in [0.15, 0.2) is 86.4 Å². The number of aromatic hydroxyl groups is 1. The highest BCUT2D eigenvalue weighted by Gasteiger charge is 2.18. The molecule has 1 N–H and O–H groups in total. The number of benzene rings is 3. The maximum atomic E-state index is 12.1. The standard InChI is InChI=1S/C15H14O4.C14H12O3/c1-8(2)14-15(17-3)10-6-9-4-5-13(16)18-11(9)7-12(10)19-14;1-17-11-7-8-12(13(15)9-11)14(16)10-5-3-2-4-6-10/h4-8H,1-3H3;2-9,15H,1H3. The topological polar surface area (TPSA) is 99.1 Å². The quantitative estimate of drug-likeness (QED) is 0.230. The number of phenols is 1. The lowest BCUT2D eigenvalue weighted by molar-refractivity contribution is 0.103. The van der Waals surface area contributed by atoms with Gasteiger partial charge in [-0.25, -0.2) is 4.79 Å². The van der Waals surface area contributed by atoms with Crippen LogP contribution in [0.2, 0.25) is 0 Å². The summed E-state index contributed by atoms with van der Waals surface area (Å²) in [6.07, 6.45) is 0. The number of phenolic OH excluding ortho intramolecular Hbond substituents is 1. The molecule has 0 aliphatic rings. The third-order valence-electron chi connectivity index (χ3n) is 5.62. The van der Waals surface area contributed by atoms with Crippen molar-refractivity contribution < 1.29 is 28.2 Å². The van der Waals surface area contributed by atoms with E-state index in [0.717, 1.165) is 22.3 Å². The van der Waals surface area contributed by atoms with Crippen LogP contribution in [0.25, 0.3) is 21.9 Å². The first-order valence-electron chi connectivity index (χ1n) is 11.3. The fourth-order valence-corrected chi connectivity index (χ4v) is 3.82. The van der Waals surface area contributed by atoms with E-state index in [2.05, 4.69) is 0 Å². The number of ether oxygens (including phenoxy) is 2. The molecule has 5 rings (SSSR count). The second-order valence-electron chi connectivity index (χ2n) is 8.37. The number of carbonyl (C=O) groups is 1. The number of rotatable bonds is 5. The molecule has 2 heterocycles. The Labute approximate surface area is 207 Å². The van der Waals surface area contributed by atoms with Crippen molar-refractivity contribution in [1.29, 1.82) is 0 Å². The van der Waals surface area contributed by atoms with Gasteiger partial charge in [-0.05, 0) is 24.3 Å². The number of hydrogen-bond donors (Lipinski definition) is 1. The lowest BCUT2D eigenvalue weighted by Gasteiger charge is -2.06. The first-order chi connectivity index (χ1) is 17.3. The fourth-order valence-electron chi connectivity index (χ4n) is 3.82. The summed E-state index contributed by atoms with van der Waals surface area (Å²) in [7, 11) is 3.14. The van der Waals surface area contributed by atoms with Crippen LogP contribution in [0.3, 0.4) is 0 Å². The smallest absolute Gasteiger partial charge is 0.336 e. The summed E-state index contributed by atoms with van der Waals surface area (Å²) in [5, 5.41) is 11.5. The fraction of sp³-hybridized carbons (Fsp3) is 0.172. The van der Waals surface area contributed by atoms with Crippen molar-refractivity contribution in [2.75, 3.05) is 14.2 Å². The van der Waals surface area contributed by atoms with E-state index >= 15 is 0 Å². The van der Waals surface area contributed by atoms with Crippen molar-refractivity contribution in [3.63, 3.8) is 0 Å². The van der Waals surface area contributed by atoms with Gasteiger partial charge >= 0.3 is 5.63 Å². The SMILES string of the molecule is COc1c(C(C)C)oc2cc3oc(=O)ccc3cc12.COc1ccc(C(=O)c2ccccc2)c(O)c1. The van der Waals surface area contributed by atoms with Gasteiger partial charge in [0.2, 0.25) is 0 Å². The summed E-state index contributed by atoms with van der Waals surface area (Å²) in [5.41, 5.74) is 1.65. The van der Waals surface area contributed by atoms with Gasteiger partial charge in [-0.15, -0.1) is 0 Å². The summed E-state index contributed by atoms with van der Waals surface area (Å²) in [6.45, 7) is 4.08. The largest absolute Gasteiger partial charge is 0.507 e. The van der Waals surface area contributed by atoms with Gasteiger partial charge in [-0.3, -0.25) is 4.79 Å². The van der Waals surface area contributed by atoms with Gasteiger partial charge < -0.3 is 23.4 Å². The summed E-state index contributed by atoms with van der Waals surface area (Å²) >= 11 is 0. The Hall–Kier alpha value is -4.52. The maximum absolute atomic E-state index is 12.1. The van der Waals surface area contributed by atoms with Gasteiger partial charge in [0.25, 0.3) is 0 Å². The summed E-state index contributed by atoms with van der Waals surface area (Å²) < 4.78 is 21.4. The van der Waals surface area contributed by atoms with E-state index < -0.39 is 0 Å². The molecule has 3 aromatic carbocycles. The number of ketones is 1. The molecule has 0 amide bonds. The summed E-state index contributed by atoms with van der Waals surface area (Å²) in [6, 6.07) is 20.3. The van der Waals surface area contributed by atoms with Crippen molar-refractivity contribution in [2.45, 2.75) is 19.8 Å². The number of hydrogen-bond acceptors (Lipinski definition) is 7. The molecule has 2 aromatic heterocycles. The zero-order chi connectivity index (χ0) is 25.8. The molecule has 7 nitrogen and oxygen atoms in total. The molecule has 0 saturated heterocycles. The third kappa shape index (κ3) is 4.95. The van der Waals surface area contributed by atoms with Crippen molar-refractivity contribution >= 4 is 27.7 Å². The first-order valence-corrected chi connectivity index (χ1v) is 11.3. The van der Waals surface area contributed by atoms with Crippen LogP contribution in [-0.2, 0) is 0 Å². The Morgan fingerprint density at radius 3 is 2.25 bits per heavy atom. The molecule has 0 unspecified atom stereocenters. The molecule has 184 valence electrons. The number of methoxy groups -OCH3 is 2. The van der Waals surface area contributed by atoms with E-state index in [1.54, 1.807) is 55.6 Å². The molecule has 0 radical (unpaired) electrons. The summed E-state index contributed by atoms with van der Waals surface area (Å²) in [4.78, 5) is 23.3. The highest BCUT2D eigenvalue weighted by Crippen LogP contribution is 2.38. The molecule has 36 heavy (non-hydrogen) atoms. The molecule has 0 atom stereocenters. The lowest BCUT2D eigenvalue weighted by atomic mass is 10.0. The molecule has 5 aromatic rings. The van der Waals surface area contributed by atoms with Crippen LogP contribution in [0.4, 0.5) is 0 Å². The van der Waals surface area contributed by atoms with Gasteiger partial charge in [-0.2, -0.15) is 0 Å². The van der Waals surface area contributed by atoms with Crippen LogP contribution in [0, 0.1) is 0 Å². The van der Waals surface area contributed by atoms with Gasteiger partial charge in [-0.1, -0.05) is 44.2 Å². The van der Waals surface area contributed by atoms with Crippen LogP contribution in [0.1, 0.15) is 41.4 Å². The lowest BCUT2D eigenvalue weighted by Crippen LogP contribution is -2.01. The van der Waals surface area contributed by atoms with Crippen LogP contribution >= 0.6 is 0 Å². The Kier molecular flexibility index (Phi) is 7.10. The monoisotopic (exact) mass is 486 g/mol. The third-order valence-corrected chi connectivity index (χ3v) is 5.62. The zero-order valence-corrected chi connectivity index (χ0v) is 20.4. The number of fused-ring (bicyclic) bond motifs is 2. The van der Waals surface area contributed by atoms with Gasteiger partial charge in [0.15, 0.2) is 11.5 Å². The molecule has 0 fully saturated rings. The second kappa shape index (κ2) is 10.4. The molecule has 0 spiro atoms. The normalized spacial score (nSPS) is 10.8. The molecule has 0 saturated carbocycles. The highest BCUT2D eigenvalue weighted by molar-refractivity contribution is 6.10. The Bertz CT molecular complexity index is 1580. The van der Waals surface area contributed by atoms with Crippen molar-refractivity contribution in [1.82, 2.24) is 0 Å². The second-order valence-corrected chi connectivity index (χ2v) is 8.37. The van der Waals surface area contributed by atoms with Crippen molar-refractivity contribution in [3.05, 3.63) is 100 Å². The Morgan fingerprint density at radius 1 is 0.861 bits per heavy atom. The van der Waals surface area contributed by atoms with Crippen LogP contribution in [-0.4, -0.2) is 25.1 Å². The number of furan rings is 1. The van der Waals surface area contributed by atoms with Crippen LogP contribution in [0.5, 0.6) is 17.2 Å². The van der Waals surface area contributed by atoms with E-state index in [9.17, 15) is 14.7 Å². The predicted octanol–water partition coefficient (Wildman–Crippen LogP) is 6.30. The minimum Gasteiger partial charge on any atom is -0.507 e. The minimum absolute atomic E-state index is 0.0711. The average molecular weight is 487 g/mol. The average Bonchev–Trinajstić information content (AvgIpc) is 3.25. The van der Waals surface area contributed by atoms with Crippen LogP contribution < -0.4 is 15.1 Å². The van der Waals surface area contributed by atoms with E-state index in [4.69, 9.17) is 18.3 Å². The first kappa shape index (κ1) is 24.6. The molecular weight excluding hydrogens is 460 g/mol. The van der Waals surface area contributed by atoms with Crippen molar-refractivity contribution in [2.24, 2.45) is 0 Å². The van der Waals surface area contributed by atoms with Gasteiger partial charge in [0, 0.05) is 35.1 Å². The molecule has 7 heteroatoms. The number of carbonyl (C=O) groups excluding carboxylic acids is 1. The Balaban J connectivity index is 0.000000170. The van der Waals surface area contributed by atoms with Crippen molar-refractivity contribution in [3.8, 4) is 17.2 Å². The Morgan fingerprint density at radius 2 is 1.61 bits per heavy atom. The summed E-state index contributed by atoms with van der Waals surface area (Å²) in [5.74, 6) is 2.02.